The summed E-state index contributed by atoms with van der Waals surface area (Å²) < 4.78 is 3.16. The zero-order valence-electron chi connectivity index (χ0n) is 18.7. The van der Waals surface area contributed by atoms with Gasteiger partial charge >= 0.3 is 6.03 Å². The molecule has 4 aromatic rings. The van der Waals surface area contributed by atoms with Gasteiger partial charge in [0.15, 0.2) is 5.65 Å². The number of hydrogen-bond donors (Lipinski definition) is 2. The molecule has 34 heavy (non-hydrogen) atoms. The number of rotatable bonds is 4. The number of amides is 2. The van der Waals surface area contributed by atoms with Gasteiger partial charge in [0, 0.05) is 25.7 Å². The number of aliphatic hydroxyl groups excluding tert-OH is 1. The van der Waals surface area contributed by atoms with Gasteiger partial charge in [-0.15, -0.1) is 0 Å². The molecule has 5 rings (SSSR count). The Labute approximate surface area is 195 Å². The fourth-order valence-electron chi connectivity index (χ4n) is 4.40. The minimum absolute atomic E-state index is 0.0534. The number of urea groups is 1. The van der Waals surface area contributed by atoms with Gasteiger partial charge < -0.3 is 10.4 Å². The molecule has 0 aliphatic carbocycles. The molecule has 3 aromatic heterocycles. The molecule has 1 aliphatic rings. The lowest BCUT2D eigenvalue weighted by Crippen LogP contribution is -2.50. The van der Waals surface area contributed by atoms with Gasteiger partial charge in [0.1, 0.15) is 11.6 Å². The number of nitrogens with one attached hydrogen (secondary N) is 1. The van der Waals surface area contributed by atoms with Crippen molar-refractivity contribution in [3.63, 3.8) is 0 Å². The van der Waals surface area contributed by atoms with Crippen LogP contribution in [-0.4, -0.2) is 60.2 Å². The first-order valence-corrected chi connectivity index (χ1v) is 11.2. The average Bonchev–Trinajstić information content (AvgIpc) is 3.31. The molecule has 0 bridgehead atoms. The highest BCUT2D eigenvalue weighted by Gasteiger charge is 2.30. The monoisotopic (exact) mass is 459 g/mol. The van der Waals surface area contributed by atoms with Crippen molar-refractivity contribution in [2.24, 2.45) is 5.92 Å². The first kappa shape index (κ1) is 21.8. The minimum atomic E-state index is -0.875. The number of aliphatic hydroxyl groups is 1. The van der Waals surface area contributed by atoms with Crippen LogP contribution < -0.4 is 10.9 Å². The van der Waals surface area contributed by atoms with Crippen LogP contribution in [0.2, 0.25) is 0 Å². The van der Waals surface area contributed by atoms with Crippen molar-refractivity contribution in [1.29, 1.82) is 0 Å². The molecule has 0 saturated carbocycles. The van der Waals surface area contributed by atoms with Gasteiger partial charge in [0.2, 0.25) is 0 Å². The lowest BCUT2D eigenvalue weighted by molar-refractivity contribution is -0.0175. The third-order valence-corrected chi connectivity index (χ3v) is 6.23. The number of pyridine rings is 1. The zero-order chi connectivity index (χ0) is 23.7. The summed E-state index contributed by atoms with van der Waals surface area (Å²) in [4.78, 5) is 35.4. The third kappa shape index (κ3) is 4.03. The Hall–Kier alpha value is -4.05. The largest absolute Gasteiger partial charge is 0.373 e. The maximum absolute atomic E-state index is 13.1. The van der Waals surface area contributed by atoms with Gasteiger partial charge in [-0.1, -0.05) is 30.3 Å². The summed E-state index contributed by atoms with van der Waals surface area (Å²) in [6.45, 7) is 0.846. The van der Waals surface area contributed by atoms with E-state index in [1.54, 1.807) is 15.4 Å². The molecule has 0 spiro atoms. The van der Waals surface area contributed by atoms with Crippen LogP contribution in [0.15, 0.2) is 66.0 Å². The van der Waals surface area contributed by atoms with Crippen molar-refractivity contribution >= 4 is 17.1 Å². The summed E-state index contributed by atoms with van der Waals surface area (Å²) >= 11 is 0. The van der Waals surface area contributed by atoms with Crippen molar-refractivity contribution in [2.45, 2.75) is 25.6 Å². The predicted octanol–water partition coefficient (Wildman–Crippen LogP) is 2.01. The SMILES string of the molecule is CNC(=O)N1CCC(Cn2cnc3c(cnn3-c3ccc(-c4ccccc4)nc3)c2=O)CC1O. The quantitative estimate of drug-likeness (QED) is 0.482. The van der Waals surface area contributed by atoms with Gasteiger partial charge in [-0.25, -0.2) is 14.5 Å². The predicted molar refractivity (Wildman–Crippen MR) is 126 cm³/mol. The maximum atomic E-state index is 13.1. The fourth-order valence-corrected chi connectivity index (χ4v) is 4.40. The highest BCUT2D eigenvalue weighted by molar-refractivity contribution is 5.75. The molecule has 10 nitrogen and oxygen atoms in total. The standard InChI is InChI=1S/C24H25N7O3/c1-25-24(34)30-10-9-16(11-21(30)32)14-29-15-27-22-19(23(29)33)13-28-31(22)18-7-8-20(26-12-18)17-5-3-2-4-6-17/h2-8,12-13,15-16,21,32H,9-11,14H2,1H3,(H,25,34). The molecule has 4 heterocycles. The van der Waals surface area contributed by atoms with Crippen molar-refractivity contribution < 1.29 is 9.90 Å². The Kier molecular flexibility index (Phi) is 5.81. The molecule has 1 saturated heterocycles. The molecule has 174 valence electrons. The van der Waals surface area contributed by atoms with Crippen LogP contribution in [0.5, 0.6) is 0 Å². The number of carbonyl (C=O) groups excluding carboxylic acids is 1. The van der Waals surface area contributed by atoms with Gasteiger partial charge in [0.05, 0.1) is 30.1 Å². The minimum Gasteiger partial charge on any atom is -0.373 e. The van der Waals surface area contributed by atoms with Crippen LogP contribution in [0, 0.1) is 5.92 Å². The van der Waals surface area contributed by atoms with Crippen LogP contribution in [0.25, 0.3) is 28.0 Å². The lowest BCUT2D eigenvalue weighted by Gasteiger charge is -2.36. The number of hydrogen-bond acceptors (Lipinski definition) is 6. The van der Waals surface area contributed by atoms with Gasteiger partial charge in [-0.05, 0) is 30.9 Å². The van der Waals surface area contributed by atoms with Crippen molar-refractivity contribution in [3.05, 3.63) is 71.5 Å². The van der Waals surface area contributed by atoms with Gasteiger partial charge in [0.25, 0.3) is 5.56 Å². The van der Waals surface area contributed by atoms with Crippen molar-refractivity contribution in [2.75, 3.05) is 13.6 Å². The number of aromatic nitrogens is 5. The number of fused-ring (bicyclic) bond motifs is 1. The van der Waals surface area contributed by atoms with E-state index < -0.39 is 6.23 Å². The van der Waals surface area contributed by atoms with Crippen LogP contribution in [-0.2, 0) is 6.54 Å². The number of benzene rings is 1. The molecule has 1 fully saturated rings. The molecule has 2 N–H and O–H groups in total. The molecule has 1 aliphatic heterocycles. The van der Waals surface area contributed by atoms with Crippen LogP contribution in [0.3, 0.4) is 0 Å². The third-order valence-electron chi connectivity index (χ3n) is 6.23. The fraction of sp³-hybridized carbons (Fsp3) is 0.292. The van der Waals surface area contributed by atoms with Crippen LogP contribution in [0.1, 0.15) is 12.8 Å². The van der Waals surface area contributed by atoms with E-state index in [2.05, 4.69) is 20.4 Å². The molecule has 2 atom stereocenters. The Bertz CT molecular complexity index is 1370. The Morgan fingerprint density at radius 2 is 1.97 bits per heavy atom. The van der Waals surface area contributed by atoms with E-state index in [0.29, 0.717) is 42.7 Å². The molecule has 10 heteroatoms. The highest BCUT2D eigenvalue weighted by Crippen LogP contribution is 2.23. The van der Waals surface area contributed by atoms with Gasteiger partial charge in [-0.3, -0.25) is 19.2 Å². The summed E-state index contributed by atoms with van der Waals surface area (Å²) in [7, 11) is 1.54. The number of piperidine rings is 1. The smallest absolute Gasteiger partial charge is 0.319 e. The van der Waals surface area contributed by atoms with Crippen molar-refractivity contribution in [1.82, 2.24) is 34.5 Å². The van der Waals surface area contributed by atoms with Crippen molar-refractivity contribution in [3.8, 4) is 16.9 Å². The van der Waals surface area contributed by atoms with Gasteiger partial charge in [-0.2, -0.15) is 5.10 Å². The Balaban J connectivity index is 1.36. The molecular formula is C24H25N7O3. The van der Waals surface area contributed by atoms with E-state index in [4.69, 9.17) is 0 Å². The van der Waals surface area contributed by atoms with E-state index >= 15 is 0 Å². The van der Waals surface area contributed by atoms with E-state index in [0.717, 1.165) is 11.3 Å². The van der Waals surface area contributed by atoms with E-state index in [1.165, 1.54) is 24.5 Å². The number of likely N-dealkylation sites (tertiary alicyclic amines) is 1. The molecule has 2 amide bonds. The van der Waals surface area contributed by atoms with E-state index in [9.17, 15) is 14.7 Å². The number of carbonyl (C=O) groups is 1. The molecule has 1 aromatic carbocycles. The number of nitrogens with zero attached hydrogens (tertiary/aromatic N) is 6. The molecular weight excluding hydrogens is 434 g/mol. The second kappa shape index (κ2) is 9.06. The van der Waals surface area contributed by atoms with Crippen LogP contribution in [0.4, 0.5) is 4.79 Å². The highest BCUT2D eigenvalue weighted by atomic mass is 16.3. The average molecular weight is 460 g/mol. The maximum Gasteiger partial charge on any atom is 0.319 e. The summed E-state index contributed by atoms with van der Waals surface area (Å²) in [5, 5.41) is 17.7. The second-order valence-corrected chi connectivity index (χ2v) is 8.38. The zero-order valence-corrected chi connectivity index (χ0v) is 18.7. The summed E-state index contributed by atoms with van der Waals surface area (Å²) in [6, 6.07) is 13.4. The molecule has 0 radical (unpaired) electrons. The Morgan fingerprint density at radius 1 is 1.15 bits per heavy atom. The Morgan fingerprint density at radius 3 is 2.68 bits per heavy atom. The lowest BCUT2D eigenvalue weighted by atomic mass is 9.95. The van der Waals surface area contributed by atoms with E-state index in [1.807, 2.05) is 42.5 Å². The second-order valence-electron chi connectivity index (χ2n) is 8.38. The first-order valence-electron chi connectivity index (χ1n) is 11.2. The topological polar surface area (TPSA) is 118 Å². The molecule has 2 unspecified atom stereocenters. The summed E-state index contributed by atoms with van der Waals surface area (Å²) in [5.74, 6) is 0.0534. The first-order chi connectivity index (χ1) is 16.5. The van der Waals surface area contributed by atoms with E-state index in [-0.39, 0.29) is 17.5 Å². The summed E-state index contributed by atoms with van der Waals surface area (Å²) in [6.07, 6.45) is 4.97. The summed E-state index contributed by atoms with van der Waals surface area (Å²) in [5.41, 5.74) is 2.86. The normalized spacial score (nSPS) is 18.2. The van der Waals surface area contributed by atoms with Crippen LogP contribution >= 0.6 is 0 Å².